The maximum Gasteiger partial charge on any atom is 0.160 e. The minimum atomic E-state index is -0.110. The van der Waals surface area contributed by atoms with Gasteiger partial charge in [-0.1, -0.05) is 0 Å². The third-order valence-corrected chi connectivity index (χ3v) is 2.76. The monoisotopic (exact) mass is 296 g/mol. The van der Waals surface area contributed by atoms with Crippen molar-refractivity contribution in [2.75, 3.05) is 27.4 Å². The summed E-state index contributed by atoms with van der Waals surface area (Å²) in [5.74, 6) is 1.14. The van der Waals surface area contributed by atoms with Crippen LogP contribution >= 0.6 is 0 Å². The van der Waals surface area contributed by atoms with Gasteiger partial charge in [-0.3, -0.25) is 4.79 Å². The van der Waals surface area contributed by atoms with Gasteiger partial charge in [0.2, 0.25) is 0 Å². The highest BCUT2D eigenvalue weighted by Gasteiger charge is 2.11. The fourth-order valence-electron chi connectivity index (χ4n) is 1.91. The number of carbonyl (C=O) groups is 1. The van der Waals surface area contributed by atoms with E-state index in [9.17, 15) is 4.79 Å². The molecule has 0 saturated heterocycles. The van der Waals surface area contributed by atoms with Crippen molar-refractivity contribution in [3.05, 3.63) is 23.8 Å². The number of ether oxygens (including phenoxy) is 4. The normalized spacial score (nSPS) is 13.6. The first-order valence-electron chi connectivity index (χ1n) is 6.93. The lowest BCUT2D eigenvalue weighted by atomic mass is 10.1. The number of hydrogen-bond acceptors (Lipinski definition) is 5. The first kappa shape index (κ1) is 17.5. The Morgan fingerprint density at radius 1 is 0.952 bits per heavy atom. The zero-order chi connectivity index (χ0) is 15.8. The van der Waals surface area contributed by atoms with Gasteiger partial charge in [0.05, 0.1) is 13.2 Å². The molecule has 0 bridgehead atoms. The van der Waals surface area contributed by atoms with Crippen LogP contribution in [0.25, 0.3) is 0 Å². The highest BCUT2D eigenvalue weighted by Crippen LogP contribution is 2.25. The zero-order valence-electron chi connectivity index (χ0n) is 13.3. The molecule has 5 heteroatoms. The number of hydrogen-bond donors (Lipinski definition) is 0. The fraction of sp³-hybridized carbons (Fsp3) is 0.562. The van der Waals surface area contributed by atoms with E-state index in [2.05, 4.69) is 0 Å². The van der Waals surface area contributed by atoms with Crippen LogP contribution in [0.5, 0.6) is 11.5 Å². The summed E-state index contributed by atoms with van der Waals surface area (Å²) in [6, 6.07) is 5.19. The molecule has 0 aliphatic carbocycles. The van der Waals surface area contributed by atoms with Crippen molar-refractivity contribution in [3.8, 4) is 11.5 Å². The Hall–Kier alpha value is -1.59. The fourth-order valence-corrected chi connectivity index (χ4v) is 1.91. The van der Waals surface area contributed by atoms with E-state index in [1.54, 1.807) is 32.4 Å². The molecule has 0 amide bonds. The summed E-state index contributed by atoms with van der Waals surface area (Å²) in [5, 5.41) is 0. The molecule has 0 saturated carbocycles. The molecule has 0 N–H and O–H groups in total. The van der Waals surface area contributed by atoms with E-state index in [-0.39, 0.29) is 18.0 Å². The van der Waals surface area contributed by atoms with E-state index in [1.165, 1.54) is 6.92 Å². The summed E-state index contributed by atoms with van der Waals surface area (Å²) in [6.45, 7) is 6.26. The Bertz CT molecular complexity index is 426. The SMILES string of the molecule is COC[C@H](C)Oc1cc(O[C@@H](C)COC)cc(C(C)=O)c1. The van der Waals surface area contributed by atoms with E-state index >= 15 is 0 Å². The largest absolute Gasteiger partial charge is 0.488 e. The number of ketones is 1. The molecule has 1 rings (SSSR count). The van der Waals surface area contributed by atoms with Crippen molar-refractivity contribution in [2.45, 2.75) is 33.0 Å². The van der Waals surface area contributed by atoms with Crippen molar-refractivity contribution in [2.24, 2.45) is 0 Å². The molecular formula is C16H24O5. The van der Waals surface area contributed by atoms with E-state index in [0.717, 1.165) is 0 Å². The number of rotatable bonds is 9. The molecule has 5 nitrogen and oxygen atoms in total. The smallest absolute Gasteiger partial charge is 0.160 e. The quantitative estimate of drug-likeness (QED) is 0.656. The molecule has 0 aliphatic rings. The second-order valence-electron chi connectivity index (χ2n) is 5.02. The lowest BCUT2D eigenvalue weighted by Gasteiger charge is -2.18. The first-order chi connectivity index (χ1) is 9.96. The highest BCUT2D eigenvalue weighted by molar-refractivity contribution is 5.94. The van der Waals surface area contributed by atoms with Gasteiger partial charge in [-0.05, 0) is 32.9 Å². The Morgan fingerprint density at radius 2 is 1.38 bits per heavy atom. The Balaban J connectivity index is 2.92. The molecule has 21 heavy (non-hydrogen) atoms. The van der Waals surface area contributed by atoms with Gasteiger partial charge >= 0.3 is 0 Å². The number of methoxy groups -OCH3 is 2. The van der Waals surface area contributed by atoms with Crippen molar-refractivity contribution >= 4 is 5.78 Å². The van der Waals surface area contributed by atoms with Crippen LogP contribution in [0, 0.1) is 0 Å². The molecule has 0 aliphatic heterocycles. The molecule has 2 atom stereocenters. The van der Waals surface area contributed by atoms with Gasteiger partial charge in [-0.15, -0.1) is 0 Å². The minimum Gasteiger partial charge on any atom is -0.488 e. The van der Waals surface area contributed by atoms with Crippen LogP contribution in [0.2, 0.25) is 0 Å². The lowest BCUT2D eigenvalue weighted by Crippen LogP contribution is -2.19. The molecule has 0 unspecified atom stereocenters. The summed E-state index contributed by atoms with van der Waals surface area (Å²) in [5.41, 5.74) is 0.553. The van der Waals surface area contributed by atoms with Crippen LogP contribution in [0.3, 0.4) is 0 Å². The predicted molar refractivity (Wildman–Crippen MR) is 80.4 cm³/mol. The third kappa shape index (κ3) is 6.14. The van der Waals surface area contributed by atoms with E-state index in [0.29, 0.717) is 30.3 Å². The topological polar surface area (TPSA) is 54.0 Å². The summed E-state index contributed by atoms with van der Waals surface area (Å²) in [4.78, 5) is 11.6. The van der Waals surface area contributed by atoms with Crippen LogP contribution in [0.1, 0.15) is 31.1 Å². The molecule has 0 heterocycles. The summed E-state index contributed by atoms with van der Waals surface area (Å²) in [7, 11) is 3.24. The molecule has 118 valence electrons. The lowest BCUT2D eigenvalue weighted by molar-refractivity contribution is 0.0867. The maximum atomic E-state index is 11.6. The van der Waals surface area contributed by atoms with E-state index < -0.39 is 0 Å². The molecular weight excluding hydrogens is 272 g/mol. The Morgan fingerprint density at radius 3 is 1.71 bits per heavy atom. The summed E-state index contributed by atoms with van der Waals surface area (Å²) >= 11 is 0. The second kappa shape index (κ2) is 8.64. The molecule has 1 aromatic carbocycles. The zero-order valence-corrected chi connectivity index (χ0v) is 13.3. The van der Waals surface area contributed by atoms with Gasteiger partial charge in [0.25, 0.3) is 0 Å². The van der Waals surface area contributed by atoms with Gasteiger partial charge < -0.3 is 18.9 Å². The van der Waals surface area contributed by atoms with Crippen LogP contribution in [0.4, 0.5) is 0 Å². The Kier molecular flexibility index (Phi) is 7.19. The number of benzene rings is 1. The van der Waals surface area contributed by atoms with Gasteiger partial charge in [0.15, 0.2) is 5.78 Å². The second-order valence-corrected chi connectivity index (χ2v) is 5.02. The molecule has 1 aromatic rings. The standard InChI is InChI=1S/C16H24O5/c1-11(9-18-4)20-15-6-14(13(3)17)7-16(8-15)21-12(2)10-19-5/h6-8,11-12H,9-10H2,1-5H3/t11-,12-/m0/s1. The number of Topliss-reactive ketones (excluding diaryl/α,β-unsaturated/α-hetero) is 1. The molecule has 0 spiro atoms. The van der Waals surface area contributed by atoms with Crippen LogP contribution < -0.4 is 9.47 Å². The third-order valence-electron chi connectivity index (χ3n) is 2.76. The average molecular weight is 296 g/mol. The van der Waals surface area contributed by atoms with E-state index in [1.807, 2.05) is 13.8 Å². The van der Waals surface area contributed by atoms with Crippen molar-refractivity contribution in [3.63, 3.8) is 0 Å². The molecule has 0 aromatic heterocycles. The van der Waals surface area contributed by atoms with Gasteiger partial charge in [-0.2, -0.15) is 0 Å². The highest BCUT2D eigenvalue weighted by atomic mass is 16.5. The van der Waals surface area contributed by atoms with Crippen LogP contribution in [-0.2, 0) is 9.47 Å². The van der Waals surface area contributed by atoms with Crippen LogP contribution in [-0.4, -0.2) is 45.4 Å². The van der Waals surface area contributed by atoms with Gasteiger partial charge in [0, 0.05) is 25.8 Å². The molecule has 0 fully saturated rings. The van der Waals surface area contributed by atoms with Gasteiger partial charge in [-0.25, -0.2) is 0 Å². The van der Waals surface area contributed by atoms with Crippen molar-refractivity contribution < 1.29 is 23.7 Å². The van der Waals surface area contributed by atoms with Crippen LogP contribution in [0.15, 0.2) is 18.2 Å². The average Bonchev–Trinajstić information content (AvgIpc) is 2.38. The minimum absolute atomic E-state index is 0.0379. The predicted octanol–water partition coefficient (Wildman–Crippen LogP) is 2.72. The summed E-state index contributed by atoms with van der Waals surface area (Å²) < 4.78 is 21.6. The number of carbonyl (C=O) groups excluding carboxylic acids is 1. The first-order valence-corrected chi connectivity index (χ1v) is 6.93. The summed E-state index contributed by atoms with van der Waals surface area (Å²) in [6.07, 6.45) is -0.220. The van der Waals surface area contributed by atoms with Crippen molar-refractivity contribution in [1.82, 2.24) is 0 Å². The maximum absolute atomic E-state index is 11.6. The van der Waals surface area contributed by atoms with Crippen molar-refractivity contribution in [1.29, 1.82) is 0 Å². The Labute approximate surface area is 126 Å². The molecule has 0 radical (unpaired) electrons. The van der Waals surface area contributed by atoms with Gasteiger partial charge in [0.1, 0.15) is 23.7 Å². The van der Waals surface area contributed by atoms with E-state index in [4.69, 9.17) is 18.9 Å².